The lowest BCUT2D eigenvalue weighted by atomic mass is 9.98. The van der Waals surface area contributed by atoms with Gasteiger partial charge in [0.15, 0.2) is 0 Å². The van der Waals surface area contributed by atoms with Crippen LogP contribution in [-0.4, -0.2) is 30.1 Å². The molecule has 0 amide bonds. The average molecular weight is 288 g/mol. The number of piperidine rings is 1. The fraction of sp³-hybridized carbons (Fsp3) is 0.684. The summed E-state index contributed by atoms with van der Waals surface area (Å²) in [6.45, 7) is 13.7. The van der Waals surface area contributed by atoms with Crippen molar-refractivity contribution in [3.05, 3.63) is 34.9 Å². The van der Waals surface area contributed by atoms with Crippen molar-refractivity contribution in [1.82, 2.24) is 10.2 Å². The van der Waals surface area contributed by atoms with Gasteiger partial charge in [0, 0.05) is 24.7 Å². The molecule has 2 unspecified atom stereocenters. The Bertz CT molecular complexity index is 427. The Morgan fingerprint density at radius 3 is 2.29 bits per heavy atom. The molecule has 2 rings (SSSR count). The molecule has 2 atom stereocenters. The van der Waals surface area contributed by atoms with E-state index in [1.807, 2.05) is 0 Å². The van der Waals surface area contributed by atoms with Gasteiger partial charge in [-0.2, -0.15) is 0 Å². The number of benzene rings is 1. The highest BCUT2D eigenvalue weighted by molar-refractivity contribution is 5.30. The minimum atomic E-state index is 0.479. The maximum atomic E-state index is 3.69. The summed E-state index contributed by atoms with van der Waals surface area (Å²) in [7, 11) is 0. The van der Waals surface area contributed by atoms with E-state index in [1.165, 1.54) is 42.5 Å². The molecule has 1 N–H and O–H groups in total. The van der Waals surface area contributed by atoms with Gasteiger partial charge in [-0.1, -0.05) is 35.7 Å². The molecule has 1 fully saturated rings. The van der Waals surface area contributed by atoms with Gasteiger partial charge in [-0.25, -0.2) is 0 Å². The zero-order valence-corrected chi connectivity index (χ0v) is 14.4. The van der Waals surface area contributed by atoms with E-state index in [0.29, 0.717) is 18.1 Å². The fourth-order valence-electron chi connectivity index (χ4n) is 3.59. The standard InChI is InChI=1S/C19H32N2/c1-14(2)21(13-19-8-6-7-9-20-19)17(5)18-11-15(3)10-16(4)12-18/h10-12,14,17,19-20H,6-9,13H2,1-5H3. The fourth-order valence-corrected chi connectivity index (χ4v) is 3.59. The molecule has 0 spiro atoms. The van der Waals surface area contributed by atoms with E-state index in [2.05, 4.69) is 63.0 Å². The van der Waals surface area contributed by atoms with Crippen LogP contribution in [0.5, 0.6) is 0 Å². The molecular formula is C19H32N2. The van der Waals surface area contributed by atoms with Crippen molar-refractivity contribution < 1.29 is 0 Å². The smallest absolute Gasteiger partial charge is 0.0323 e. The second-order valence-corrected chi connectivity index (χ2v) is 7.03. The molecule has 1 aromatic rings. The summed E-state index contributed by atoms with van der Waals surface area (Å²) in [5.74, 6) is 0. The van der Waals surface area contributed by atoms with Crippen molar-refractivity contribution in [2.75, 3.05) is 13.1 Å². The Labute approximate surface area is 130 Å². The lowest BCUT2D eigenvalue weighted by Gasteiger charge is -2.37. The average Bonchev–Trinajstić information content (AvgIpc) is 2.44. The monoisotopic (exact) mass is 288 g/mol. The van der Waals surface area contributed by atoms with Crippen LogP contribution < -0.4 is 5.32 Å². The predicted octanol–water partition coefficient (Wildman–Crippen LogP) is 4.22. The molecular weight excluding hydrogens is 256 g/mol. The van der Waals surface area contributed by atoms with Crippen LogP contribution in [0.25, 0.3) is 0 Å². The molecule has 1 heterocycles. The molecule has 1 saturated heterocycles. The van der Waals surface area contributed by atoms with E-state index >= 15 is 0 Å². The second-order valence-electron chi connectivity index (χ2n) is 7.03. The van der Waals surface area contributed by atoms with Crippen molar-refractivity contribution >= 4 is 0 Å². The van der Waals surface area contributed by atoms with Gasteiger partial charge in [-0.3, -0.25) is 4.90 Å². The predicted molar refractivity (Wildman–Crippen MR) is 91.8 cm³/mol. The number of aryl methyl sites for hydroxylation is 2. The van der Waals surface area contributed by atoms with Crippen LogP contribution >= 0.6 is 0 Å². The van der Waals surface area contributed by atoms with Gasteiger partial charge in [0.1, 0.15) is 0 Å². The van der Waals surface area contributed by atoms with Crippen molar-refractivity contribution in [2.45, 2.75) is 72.0 Å². The van der Waals surface area contributed by atoms with E-state index < -0.39 is 0 Å². The van der Waals surface area contributed by atoms with Gasteiger partial charge >= 0.3 is 0 Å². The molecule has 21 heavy (non-hydrogen) atoms. The lowest BCUT2D eigenvalue weighted by molar-refractivity contribution is 0.138. The van der Waals surface area contributed by atoms with Crippen LogP contribution in [-0.2, 0) is 0 Å². The number of nitrogens with one attached hydrogen (secondary N) is 1. The molecule has 1 aliphatic heterocycles. The molecule has 0 radical (unpaired) electrons. The van der Waals surface area contributed by atoms with Crippen molar-refractivity contribution in [2.24, 2.45) is 0 Å². The third-order valence-corrected chi connectivity index (χ3v) is 4.73. The second kappa shape index (κ2) is 7.42. The number of rotatable bonds is 5. The minimum Gasteiger partial charge on any atom is -0.313 e. The van der Waals surface area contributed by atoms with E-state index in [0.717, 1.165) is 6.54 Å². The summed E-state index contributed by atoms with van der Waals surface area (Å²) in [5.41, 5.74) is 4.20. The quantitative estimate of drug-likeness (QED) is 0.873. The highest BCUT2D eigenvalue weighted by Crippen LogP contribution is 2.25. The summed E-state index contributed by atoms with van der Waals surface area (Å²) in [6, 6.07) is 8.67. The lowest BCUT2D eigenvalue weighted by Crippen LogP contribution is -2.46. The van der Waals surface area contributed by atoms with Crippen LogP contribution in [0.1, 0.15) is 62.8 Å². The van der Waals surface area contributed by atoms with Crippen molar-refractivity contribution in [3.63, 3.8) is 0 Å². The summed E-state index contributed by atoms with van der Waals surface area (Å²) < 4.78 is 0. The molecule has 0 saturated carbocycles. The number of hydrogen-bond donors (Lipinski definition) is 1. The third kappa shape index (κ3) is 4.55. The van der Waals surface area contributed by atoms with Gasteiger partial charge in [-0.15, -0.1) is 0 Å². The first-order valence-corrected chi connectivity index (χ1v) is 8.54. The summed E-state index contributed by atoms with van der Waals surface area (Å²) in [4.78, 5) is 2.65. The van der Waals surface area contributed by atoms with E-state index in [9.17, 15) is 0 Å². The maximum Gasteiger partial charge on any atom is 0.0323 e. The first kappa shape index (κ1) is 16.5. The zero-order chi connectivity index (χ0) is 15.4. The molecule has 118 valence electrons. The zero-order valence-electron chi connectivity index (χ0n) is 14.4. The highest BCUT2D eigenvalue weighted by atomic mass is 15.2. The molecule has 1 aliphatic rings. The Hall–Kier alpha value is -0.860. The van der Waals surface area contributed by atoms with Gasteiger partial charge in [0.2, 0.25) is 0 Å². The largest absolute Gasteiger partial charge is 0.313 e. The topological polar surface area (TPSA) is 15.3 Å². The van der Waals surface area contributed by atoms with Gasteiger partial charge in [0.05, 0.1) is 0 Å². The van der Waals surface area contributed by atoms with E-state index in [-0.39, 0.29) is 0 Å². The summed E-state index contributed by atoms with van der Waals surface area (Å²) in [6.07, 6.45) is 4.04. The van der Waals surface area contributed by atoms with Crippen LogP contribution in [0.4, 0.5) is 0 Å². The minimum absolute atomic E-state index is 0.479. The summed E-state index contributed by atoms with van der Waals surface area (Å²) >= 11 is 0. The molecule has 0 bridgehead atoms. The maximum absolute atomic E-state index is 3.69. The van der Waals surface area contributed by atoms with Gasteiger partial charge in [0.25, 0.3) is 0 Å². The Kier molecular flexibility index (Phi) is 5.83. The first-order valence-electron chi connectivity index (χ1n) is 8.54. The Balaban J connectivity index is 2.12. The number of nitrogens with zero attached hydrogens (tertiary/aromatic N) is 1. The van der Waals surface area contributed by atoms with Crippen LogP contribution in [0.3, 0.4) is 0 Å². The first-order chi connectivity index (χ1) is 9.97. The van der Waals surface area contributed by atoms with Crippen LogP contribution in [0.15, 0.2) is 18.2 Å². The van der Waals surface area contributed by atoms with Crippen molar-refractivity contribution in [1.29, 1.82) is 0 Å². The summed E-state index contributed by atoms with van der Waals surface area (Å²) in [5, 5.41) is 3.69. The molecule has 0 aromatic heterocycles. The highest BCUT2D eigenvalue weighted by Gasteiger charge is 2.23. The van der Waals surface area contributed by atoms with E-state index in [1.54, 1.807) is 0 Å². The van der Waals surface area contributed by atoms with E-state index in [4.69, 9.17) is 0 Å². The number of hydrogen-bond acceptors (Lipinski definition) is 2. The third-order valence-electron chi connectivity index (χ3n) is 4.73. The van der Waals surface area contributed by atoms with Gasteiger partial charge in [-0.05, 0) is 59.6 Å². The molecule has 2 heteroatoms. The molecule has 2 nitrogen and oxygen atoms in total. The normalized spacial score (nSPS) is 21.0. The Morgan fingerprint density at radius 2 is 1.76 bits per heavy atom. The van der Waals surface area contributed by atoms with Crippen molar-refractivity contribution in [3.8, 4) is 0 Å². The van der Waals surface area contributed by atoms with Gasteiger partial charge < -0.3 is 5.32 Å². The Morgan fingerprint density at radius 1 is 1.10 bits per heavy atom. The SMILES string of the molecule is Cc1cc(C)cc(C(C)N(CC2CCCCN2)C(C)C)c1. The molecule has 1 aromatic carbocycles. The molecule has 0 aliphatic carbocycles. The van der Waals surface area contributed by atoms with Crippen LogP contribution in [0, 0.1) is 13.8 Å². The van der Waals surface area contributed by atoms with Crippen LogP contribution in [0.2, 0.25) is 0 Å².